The van der Waals surface area contributed by atoms with Crippen LogP contribution in [-0.2, 0) is 6.42 Å². The normalized spacial score (nSPS) is 11.3. The van der Waals surface area contributed by atoms with E-state index < -0.39 is 0 Å². The highest BCUT2D eigenvalue weighted by Gasteiger charge is 2.25. The Bertz CT molecular complexity index is 2480. The molecule has 0 N–H and O–H groups in total. The lowest BCUT2D eigenvalue weighted by Crippen LogP contribution is -1.94. The highest BCUT2D eigenvalue weighted by Crippen LogP contribution is 2.37. The smallest absolute Gasteiger partial charge is 0.194 e. The molecule has 246 valence electrons. The number of hydrogen-bond donors (Lipinski definition) is 0. The van der Waals surface area contributed by atoms with Gasteiger partial charge in [0.25, 0.3) is 0 Å². The predicted octanol–water partition coefficient (Wildman–Crippen LogP) is 13.2. The van der Waals surface area contributed by atoms with Crippen LogP contribution in [0.2, 0.25) is 0 Å². The van der Waals surface area contributed by atoms with Crippen molar-refractivity contribution in [3.8, 4) is 11.1 Å². The zero-order valence-corrected chi connectivity index (χ0v) is 29.7. The van der Waals surface area contributed by atoms with Gasteiger partial charge in [0, 0.05) is 49.1 Å². The number of fused-ring (bicyclic) bond motifs is 9. The third-order valence-electron chi connectivity index (χ3n) is 8.76. The van der Waals surface area contributed by atoms with Gasteiger partial charge in [-0.05, 0) is 92.4 Å². The number of thiophene rings is 1. The van der Waals surface area contributed by atoms with Crippen molar-refractivity contribution in [2.24, 2.45) is 0 Å². The molecule has 49 heavy (non-hydrogen) atoms. The van der Waals surface area contributed by atoms with Gasteiger partial charge in [-0.3, -0.25) is 9.59 Å². The summed E-state index contributed by atoms with van der Waals surface area (Å²) >= 11 is 1.87. The van der Waals surface area contributed by atoms with Gasteiger partial charge in [-0.15, -0.1) is 11.3 Å². The summed E-state index contributed by atoms with van der Waals surface area (Å²) in [7, 11) is 0. The summed E-state index contributed by atoms with van der Waals surface area (Å²) in [5.41, 5.74) is 10.00. The number of furan rings is 1. The Hall–Kier alpha value is -5.32. The Kier molecular flexibility index (Phi) is 9.89. The van der Waals surface area contributed by atoms with E-state index in [-0.39, 0.29) is 13.0 Å². The van der Waals surface area contributed by atoms with Crippen LogP contribution in [0.25, 0.3) is 53.2 Å². The molecule has 9 rings (SSSR count). The van der Waals surface area contributed by atoms with E-state index >= 15 is 0 Å². The van der Waals surface area contributed by atoms with E-state index in [2.05, 4.69) is 74.5 Å². The molecule has 0 amide bonds. The zero-order chi connectivity index (χ0) is 34.7. The standard InChI is InChI=1S/C16H14O2.C14H10O.C13H10S.C2H6.H2/c1-3-11-4-6-13-14-9-12(10(2)17)5-7-15(14)18-16(13)8-11;1-9-6-7-11-10-4-2-3-5-12(10)14(15)13(11)8-9;1-9-6-7-13-11(8-9)10-4-2-3-5-12(10)14-13;1-2;/h4-9H,3H2,1-2H3;2-8H,1H3;2-8H,1H3;1-2H3;1H. The summed E-state index contributed by atoms with van der Waals surface area (Å²) in [6.45, 7) is 11.9. The minimum absolute atomic E-state index is 0. The molecule has 0 unspecified atom stereocenters. The quantitative estimate of drug-likeness (QED) is 0.173. The topological polar surface area (TPSA) is 47.3 Å². The minimum Gasteiger partial charge on any atom is -0.456 e. The fourth-order valence-corrected chi connectivity index (χ4v) is 7.33. The van der Waals surface area contributed by atoms with Gasteiger partial charge in [0.2, 0.25) is 0 Å². The van der Waals surface area contributed by atoms with Crippen LogP contribution >= 0.6 is 11.3 Å². The second kappa shape index (κ2) is 14.4. The molecule has 2 aromatic heterocycles. The lowest BCUT2D eigenvalue weighted by molar-refractivity contribution is 0.101. The first-order valence-corrected chi connectivity index (χ1v) is 17.7. The number of carbonyl (C=O) groups is 2. The maximum Gasteiger partial charge on any atom is 0.194 e. The second-order valence-electron chi connectivity index (χ2n) is 12.1. The number of hydrogen-bond acceptors (Lipinski definition) is 4. The highest BCUT2D eigenvalue weighted by atomic mass is 32.1. The molecule has 4 heteroatoms. The van der Waals surface area contributed by atoms with Crippen LogP contribution in [0.5, 0.6) is 0 Å². The maximum atomic E-state index is 12.0. The first kappa shape index (κ1) is 33.6. The van der Waals surface area contributed by atoms with Crippen molar-refractivity contribution in [1.29, 1.82) is 0 Å². The molecule has 3 nitrogen and oxygen atoms in total. The molecule has 2 heterocycles. The van der Waals surface area contributed by atoms with Crippen LogP contribution in [0, 0.1) is 13.8 Å². The molecule has 0 spiro atoms. The molecular formula is C45H42O3S. The predicted molar refractivity (Wildman–Crippen MR) is 211 cm³/mol. The SMILES string of the molecule is CC.CCc1ccc2c(c1)oc1ccc(C(C)=O)cc12.Cc1ccc2c(c1)C(=O)c1ccccc1-2.Cc1ccc2sc3ccccc3c2c1.[HH]. The third-order valence-corrected chi connectivity index (χ3v) is 9.92. The van der Waals surface area contributed by atoms with Crippen molar-refractivity contribution in [2.75, 3.05) is 0 Å². The van der Waals surface area contributed by atoms with E-state index in [9.17, 15) is 9.59 Å². The molecule has 0 fully saturated rings. The summed E-state index contributed by atoms with van der Waals surface area (Å²) < 4.78 is 8.59. The van der Waals surface area contributed by atoms with Crippen LogP contribution < -0.4 is 0 Å². The summed E-state index contributed by atoms with van der Waals surface area (Å²) in [6, 6.07) is 41.0. The lowest BCUT2D eigenvalue weighted by atomic mass is 10.0. The Morgan fingerprint density at radius 2 is 1.29 bits per heavy atom. The Balaban J connectivity index is 0.000000142. The molecule has 0 aliphatic heterocycles. The summed E-state index contributed by atoms with van der Waals surface area (Å²) in [5, 5.41) is 4.87. The largest absolute Gasteiger partial charge is 0.456 e. The molecule has 0 atom stereocenters. The number of aryl methyl sites for hydroxylation is 3. The van der Waals surface area contributed by atoms with E-state index in [4.69, 9.17) is 4.42 Å². The van der Waals surface area contributed by atoms with Gasteiger partial charge in [0.05, 0.1) is 0 Å². The molecule has 0 radical (unpaired) electrons. The van der Waals surface area contributed by atoms with Crippen LogP contribution in [0.1, 0.15) is 72.1 Å². The fraction of sp³-hybridized carbons (Fsp3) is 0.156. The average Bonchev–Trinajstić information content (AvgIpc) is 3.78. The van der Waals surface area contributed by atoms with Gasteiger partial charge in [0.15, 0.2) is 11.6 Å². The van der Waals surface area contributed by atoms with Gasteiger partial charge in [-0.2, -0.15) is 0 Å². The van der Waals surface area contributed by atoms with Crippen molar-refractivity contribution >= 4 is 65.0 Å². The molecule has 8 aromatic rings. The average molecular weight is 663 g/mol. The van der Waals surface area contributed by atoms with Crippen molar-refractivity contribution in [1.82, 2.24) is 0 Å². The molecular weight excluding hydrogens is 621 g/mol. The van der Waals surface area contributed by atoms with E-state index in [0.29, 0.717) is 0 Å². The number of rotatable bonds is 2. The van der Waals surface area contributed by atoms with Gasteiger partial charge in [-0.1, -0.05) is 105 Å². The summed E-state index contributed by atoms with van der Waals surface area (Å²) in [5.74, 6) is 0.237. The first-order valence-electron chi connectivity index (χ1n) is 16.9. The summed E-state index contributed by atoms with van der Waals surface area (Å²) in [6.07, 6.45) is 0.992. The molecule has 6 aromatic carbocycles. The molecule has 0 bridgehead atoms. The first-order chi connectivity index (χ1) is 23.8. The molecule has 0 saturated heterocycles. The van der Waals surface area contributed by atoms with Crippen molar-refractivity contribution in [3.05, 3.63) is 155 Å². The number of ketones is 2. The minimum atomic E-state index is 0. The lowest BCUT2D eigenvalue weighted by Gasteiger charge is -1.99. The van der Waals surface area contributed by atoms with Gasteiger partial charge < -0.3 is 4.42 Å². The van der Waals surface area contributed by atoms with E-state index in [1.165, 1.54) is 31.3 Å². The van der Waals surface area contributed by atoms with Gasteiger partial charge >= 0.3 is 0 Å². The summed E-state index contributed by atoms with van der Waals surface area (Å²) in [4.78, 5) is 23.5. The maximum absolute atomic E-state index is 12.0. The van der Waals surface area contributed by atoms with Crippen LogP contribution in [0.15, 0.2) is 126 Å². The third kappa shape index (κ3) is 6.70. The molecule has 1 aliphatic rings. The fourth-order valence-electron chi connectivity index (χ4n) is 6.24. The van der Waals surface area contributed by atoms with E-state index in [0.717, 1.165) is 61.7 Å². The Morgan fingerprint density at radius 3 is 2.06 bits per heavy atom. The van der Waals surface area contributed by atoms with E-state index in [1.807, 2.05) is 92.8 Å². The van der Waals surface area contributed by atoms with Crippen molar-refractivity contribution < 1.29 is 15.4 Å². The van der Waals surface area contributed by atoms with Crippen molar-refractivity contribution in [3.63, 3.8) is 0 Å². The van der Waals surface area contributed by atoms with Crippen LogP contribution in [0.4, 0.5) is 0 Å². The van der Waals surface area contributed by atoms with Crippen LogP contribution in [-0.4, -0.2) is 11.6 Å². The zero-order valence-electron chi connectivity index (χ0n) is 28.9. The molecule has 0 saturated carbocycles. The highest BCUT2D eigenvalue weighted by molar-refractivity contribution is 7.25. The Labute approximate surface area is 293 Å². The number of carbonyl (C=O) groups excluding carboxylic acids is 2. The number of Topliss-reactive ketones (excluding diaryl/α,β-unsaturated/α-hetero) is 1. The molecule has 1 aliphatic carbocycles. The number of benzene rings is 6. The van der Waals surface area contributed by atoms with Gasteiger partial charge in [-0.25, -0.2) is 0 Å². The van der Waals surface area contributed by atoms with Gasteiger partial charge in [0.1, 0.15) is 11.2 Å². The van der Waals surface area contributed by atoms with E-state index in [1.54, 1.807) is 6.92 Å². The Morgan fingerprint density at radius 1 is 0.612 bits per heavy atom. The monoisotopic (exact) mass is 662 g/mol. The van der Waals surface area contributed by atoms with Crippen LogP contribution in [0.3, 0.4) is 0 Å². The second-order valence-corrected chi connectivity index (χ2v) is 13.2. The van der Waals surface area contributed by atoms with Crippen molar-refractivity contribution in [2.45, 2.75) is 48.0 Å².